The molecule has 3 N–H and O–H groups in total. The molecule has 0 spiro atoms. The number of aliphatic carboxylic acids is 1. The molecular formula is C24H28N4O6. The minimum Gasteiger partial charge on any atom is -0.481 e. The molecular weight excluding hydrogens is 440 g/mol. The molecule has 2 aromatic rings. The Balaban J connectivity index is 1.76. The Hall–Kier alpha value is -3.82. The summed E-state index contributed by atoms with van der Waals surface area (Å²) >= 11 is 0. The van der Waals surface area contributed by atoms with Crippen molar-refractivity contribution in [2.24, 2.45) is 5.92 Å². The molecule has 10 heteroatoms. The molecule has 34 heavy (non-hydrogen) atoms. The fourth-order valence-corrected chi connectivity index (χ4v) is 4.11. The van der Waals surface area contributed by atoms with Crippen LogP contribution in [0, 0.1) is 5.92 Å². The number of nitrogens with one attached hydrogen (secondary N) is 2. The molecule has 0 radical (unpaired) electrons. The van der Waals surface area contributed by atoms with Gasteiger partial charge in [-0.25, -0.2) is 0 Å². The fraction of sp³-hybridized carbons (Fsp3) is 0.417. The van der Waals surface area contributed by atoms with Crippen molar-refractivity contribution in [2.45, 2.75) is 51.2 Å². The predicted octanol–water partition coefficient (Wildman–Crippen LogP) is 1.14. The van der Waals surface area contributed by atoms with Crippen LogP contribution in [0.2, 0.25) is 0 Å². The average molecular weight is 469 g/mol. The van der Waals surface area contributed by atoms with Crippen molar-refractivity contribution in [1.29, 1.82) is 0 Å². The molecule has 1 fully saturated rings. The number of fused-ring (bicyclic) bond motifs is 1. The second kappa shape index (κ2) is 10.9. The highest BCUT2D eigenvalue weighted by Crippen LogP contribution is 2.22. The maximum Gasteiger partial charge on any atom is 0.305 e. The van der Waals surface area contributed by atoms with Crippen LogP contribution in [0.1, 0.15) is 43.6 Å². The molecule has 1 saturated heterocycles. The van der Waals surface area contributed by atoms with Crippen LogP contribution in [0.4, 0.5) is 0 Å². The number of hydrogen-bond donors (Lipinski definition) is 3. The van der Waals surface area contributed by atoms with E-state index in [1.165, 1.54) is 11.1 Å². The third-order valence-electron chi connectivity index (χ3n) is 5.83. The summed E-state index contributed by atoms with van der Waals surface area (Å²) in [6, 6.07) is 6.17. The van der Waals surface area contributed by atoms with E-state index in [4.69, 9.17) is 5.11 Å². The summed E-state index contributed by atoms with van der Waals surface area (Å²) in [6.45, 7) is 3.90. The first kappa shape index (κ1) is 24.8. The maximum absolute atomic E-state index is 13.4. The fourth-order valence-electron chi connectivity index (χ4n) is 4.11. The summed E-state index contributed by atoms with van der Waals surface area (Å²) in [4.78, 5) is 66.9. The SMILES string of the molecule is CC(C)C(NC(=O)c1nccc2ccccc12)C(=O)N1CCCC1C(=O)N[C@H](C=O)CC(=O)O. The van der Waals surface area contributed by atoms with E-state index < -0.39 is 48.2 Å². The average Bonchev–Trinajstić information content (AvgIpc) is 3.30. The highest BCUT2D eigenvalue weighted by atomic mass is 16.4. The van der Waals surface area contributed by atoms with Gasteiger partial charge in [0.2, 0.25) is 11.8 Å². The van der Waals surface area contributed by atoms with Crippen LogP contribution < -0.4 is 10.6 Å². The van der Waals surface area contributed by atoms with Crippen molar-refractivity contribution >= 4 is 40.7 Å². The standard InChI is InChI=1S/C24H28N4O6/c1-14(2)20(27-23(33)21-17-7-4-3-6-15(17)9-10-25-21)24(34)28-11-5-8-18(28)22(32)26-16(13-29)12-19(30)31/h3-4,6-7,9-10,13-14,16,18,20H,5,8,11-12H2,1-2H3,(H,26,32)(H,27,33)(H,30,31)/t16-,18?,20?/m0/s1. The molecule has 1 aliphatic rings. The highest BCUT2D eigenvalue weighted by Gasteiger charge is 2.39. The Kier molecular flexibility index (Phi) is 7.93. The Morgan fingerprint density at radius 1 is 1.18 bits per heavy atom. The summed E-state index contributed by atoms with van der Waals surface area (Å²) in [6.07, 6.45) is 2.29. The van der Waals surface area contributed by atoms with E-state index in [-0.39, 0.29) is 11.6 Å². The van der Waals surface area contributed by atoms with Crippen LogP contribution in [0.25, 0.3) is 10.8 Å². The summed E-state index contributed by atoms with van der Waals surface area (Å²) < 4.78 is 0. The minimum absolute atomic E-state index is 0.203. The van der Waals surface area contributed by atoms with Gasteiger partial charge in [-0.15, -0.1) is 0 Å². The van der Waals surface area contributed by atoms with Gasteiger partial charge in [0.15, 0.2) is 0 Å². The molecule has 1 aromatic heterocycles. The van der Waals surface area contributed by atoms with Crippen molar-refractivity contribution in [3.8, 4) is 0 Å². The molecule has 2 unspecified atom stereocenters. The van der Waals surface area contributed by atoms with Gasteiger partial charge >= 0.3 is 5.97 Å². The number of aldehydes is 1. The van der Waals surface area contributed by atoms with Gasteiger partial charge in [-0.3, -0.25) is 24.2 Å². The molecule has 10 nitrogen and oxygen atoms in total. The number of hydrogen-bond acceptors (Lipinski definition) is 6. The number of aromatic nitrogens is 1. The first-order valence-corrected chi connectivity index (χ1v) is 11.2. The van der Waals surface area contributed by atoms with Crippen LogP contribution in [-0.4, -0.2) is 69.6 Å². The minimum atomic E-state index is -1.22. The van der Waals surface area contributed by atoms with Crippen molar-refractivity contribution in [3.05, 3.63) is 42.2 Å². The largest absolute Gasteiger partial charge is 0.481 e. The molecule has 0 bridgehead atoms. The molecule has 1 aliphatic heterocycles. The van der Waals surface area contributed by atoms with E-state index in [0.29, 0.717) is 31.1 Å². The van der Waals surface area contributed by atoms with Crippen LogP contribution in [0.5, 0.6) is 0 Å². The number of benzene rings is 1. The lowest BCUT2D eigenvalue weighted by Crippen LogP contribution is -2.56. The molecule has 2 heterocycles. The first-order valence-electron chi connectivity index (χ1n) is 11.2. The number of carboxylic acid groups (broad SMARTS) is 1. The zero-order valence-electron chi connectivity index (χ0n) is 19.1. The molecule has 3 amide bonds. The van der Waals surface area contributed by atoms with E-state index in [9.17, 15) is 24.0 Å². The highest BCUT2D eigenvalue weighted by molar-refractivity contribution is 6.06. The molecule has 180 valence electrons. The third-order valence-corrected chi connectivity index (χ3v) is 5.83. The number of carbonyl (C=O) groups is 5. The van der Waals surface area contributed by atoms with Gasteiger partial charge in [-0.05, 0) is 30.2 Å². The number of pyridine rings is 1. The van der Waals surface area contributed by atoms with Gasteiger partial charge in [0.05, 0.1) is 12.5 Å². The van der Waals surface area contributed by atoms with Crippen LogP contribution in [0.3, 0.4) is 0 Å². The quantitative estimate of drug-likeness (QED) is 0.468. The monoisotopic (exact) mass is 468 g/mol. The maximum atomic E-state index is 13.4. The van der Waals surface area contributed by atoms with Crippen molar-refractivity contribution < 1.29 is 29.1 Å². The molecule has 0 saturated carbocycles. The van der Waals surface area contributed by atoms with E-state index in [2.05, 4.69) is 15.6 Å². The predicted molar refractivity (Wildman–Crippen MR) is 123 cm³/mol. The van der Waals surface area contributed by atoms with Gasteiger partial charge in [0, 0.05) is 18.1 Å². The molecule has 3 atom stereocenters. The van der Waals surface area contributed by atoms with Gasteiger partial charge in [-0.1, -0.05) is 38.1 Å². The summed E-state index contributed by atoms with van der Waals surface area (Å²) in [5.74, 6) is -2.99. The smallest absolute Gasteiger partial charge is 0.305 e. The molecule has 3 rings (SSSR count). The summed E-state index contributed by atoms with van der Waals surface area (Å²) in [5, 5.41) is 15.6. The van der Waals surface area contributed by atoms with E-state index in [0.717, 1.165) is 5.39 Å². The number of rotatable bonds is 9. The Morgan fingerprint density at radius 2 is 1.91 bits per heavy atom. The topological polar surface area (TPSA) is 146 Å². The van der Waals surface area contributed by atoms with E-state index >= 15 is 0 Å². The summed E-state index contributed by atoms with van der Waals surface area (Å²) in [5.41, 5.74) is 0.203. The first-order chi connectivity index (χ1) is 16.2. The van der Waals surface area contributed by atoms with Crippen molar-refractivity contribution in [2.75, 3.05) is 6.54 Å². The number of nitrogens with zero attached hydrogens (tertiary/aromatic N) is 2. The normalized spacial score (nSPS) is 17.3. The van der Waals surface area contributed by atoms with Crippen molar-refractivity contribution in [3.63, 3.8) is 0 Å². The zero-order chi connectivity index (χ0) is 24.8. The van der Waals surface area contributed by atoms with Gasteiger partial charge in [0.25, 0.3) is 5.91 Å². The number of carbonyl (C=O) groups excluding carboxylic acids is 4. The molecule has 1 aromatic carbocycles. The lowest BCUT2D eigenvalue weighted by Gasteiger charge is -2.31. The number of likely N-dealkylation sites (tertiary alicyclic amines) is 1. The second-order valence-electron chi connectivity index (χ2n) is 8.61. The van der Waals surface area contributed by atoms with E-state index in [1.807, 2.05) is 12.1 Å². The second-order valence-corrected chi connectivity index (χ2v) is 8.61. The van der Waals surface area contributed by atoms with Crippen molar-refractivity contribution in [1.82, 2.24) is 20.5 Å². The lowest BCUT2D eigenvalue weighted by molar-refractivity contribution is -0.142. The number of carboxylic acids is 1. The zero-order valence-corrected chi connectivity index (χ0v) is 19.1. The Morgan fingerprint density at radius 3 is 2.59 bits per heavy atom. The van der Waals surface area contributed by atoms with Gasteiger partial charge in [0.1, 0.15) is 24.1 Å². The van der Waals surface area contributed by atoms with Crippen LogP contribution in [-0.2, 0) is 19.2 Å². The van der Waals surface area contributed by atoms with Crippen LogP contribution >= 0.6 is 0 Å². The Labute approximate surface area is 196 Å². The molecule has 0 aliphatic carbocycles. The van der Waals surface area contributed by atoms with Gasteiger partial charge < -0.3 is 25.4 Å². The van der Waals surface area contributed by atoms with Gasteiger partial charge in [-0.2, -0.15) is 0 Å². The number of amides is 3. The summed E-state index contributed by atoms with van der Waals surface area (Å²) in [7, 11) is 0. The van der Waals surface area contributed by atoms with E-state index in [1.54, 1.807) is 32.0 Å². The third kappa shape index (κ3) is 5.56. The lowest BCUT2D eigenvalue weighted by atomic mass is 10.0. The Bertz CT molecular complexity index is 1100. The van der Waals surface area contributed by atoms with Crippen LogP contribution in [0.15, 0.2) is 36.5 Å².